The Labute approximate surface area is 114 Å². The Kier molecular flexibility index (Phi) is 3.96. The summed E-state index contributed by atoms with van der Waals surface area (Å²) in [5.74, 6) is 0.543. The van der Waals surface area contributed by atoms with Gasteiger partial charge in [-0.1, -0.05) is 6.92 Å². The quantitative estimate of drug-likeness (QED) is 0.939. The predicted molar refractivity (Wildman–Crippen MR) is 69.0 cm³/mol. The zero-order valence-corrected chi connectivity index (χ0v) is 11.0. The van der Waals surface area contributed by atoms with Crippen molar-refractivity contribution in [2.24, 2.45) is 0 Å². The first-order valence-corrected chi connectivity index (χ1v) is 6.23. The molecule has 0 unspecified atom stereocenters. The number of hydrogen-bond acceptors (Lipinski definition) is 3. The van der Waals surface area contributed by atoms with Crippen LogP contribution in [0.1, 0.15) is 30.4 Å². The fraction of sp³-hybridized carbons (Fsp3) is 0.385. The van der Waals surface area contributed by atoms with Crippen LogP contribution in [0.4, 0.5) is 19.0 Å². The summed E-state index contributed by atoms with van der Waals surface area (Å²) in [7, 11) is 0. The van der Waals surface area contributed by atoms with Gasteiger partial charge in [-0.2, -0.15) is 13.2 Å². The van der Waals surface area contributed by atoms with Gasteiger partial charge in [0.1, 0.15) is 11.6 Å². The highest BCUT2D eigenvalue weighted by molar-refractivity contribution is 5.37. The minimum Gasteiger partial charge on any atom is -0.384 e. The van der Waals surface area contributed by atoms with Crippen LogP contribution in [0.5, 0.6) is 0 Å². The average molecular weight is 284 g/mol. The van der Waals surface area contributed by atoms with Crippen molar-refractivity contribution in [3.63, 3.8) is 0 Å². The molecule has 2 heterocycles. The lowest BCUT2D eigenvalue weighted by Gasteiger charge is -2.10. The molecule has 2 rings (SSSR count). The van der Waals surface area contributed by atoms with E-state index in [1.54, 1.807) is 12.4 Å². The molecule has 108 valence electrons. The summed E-state index contributed by atoms with van der Waals surface area (Å²) in [4.78, 5) is 8.10. The Balaban J connectivity index is 2.29. The minimum atomic E-state index is -4.43. The van der Waals surface area contributed by atoms with E-state index in [0.29, 0.717) is 5.82 Å². The van der Waals surface area contributed by atoms with Crippen molar-refractivity contribution in [3.05, 3.63) is 41.6 Å². The first-order valence-electron chi connectivity index (χ1n) is 6.23. The van der Waals surface area contributed by atoms with Gasteiger partial charge in [0.25, 0.3) is 0 Å². The van der Waals surface area contributed by atoms with Crippen molar-refractivity contribution >= 4 is 5.82 Å². The van der Waals surface area contributed by atoms with Gasteiger partial charge in [0.2, 0.25) is 0 Å². The number of aryl methyl sites for hydroxylation is 1. The SMILES string of the molecule is CCCn1ccnc1Cc1cc(C(F)(F)F)cc(N)n1. The van der Waals surface area contributed by atoms with Gasteiger partial charge in [-0.25, -0.2) is 9.97 Å². The molecule has 4 nitrogen and oxygen atoms in total. The third kappa shape index (κ3) is 3.28. The van der Waals surface area contributed by atoms with E-state index in [1.165, 1.54) is 0 Å². The fourth-order valence-corrected chi connectivity index (χ4v) is 1.98. The Morgan fingerprint density at radius 2 is 2.05 bits per heavy atom. The highest BCUT2D eigenvalue weighted by atomic mass is 19.4. The number of nitrogens with two attached hydrogens (primary N) is 1. The molecule has 0 amide bonds. The summed E-state index contributed by atoms with van der Waals surface area (Å²) in [5, 5.41) is 0. The van der Waals surface area contributed by atoms with E-state index in [1.807, 2.05) is 11.5 Å². The van der Waals surface area contributed by atoms with Gasteiger partial charge in [0.15, 0.2) is 0 Å². The molecule has 0 spiro atoms. The van der Waals surface area contributed by atoms with Crippen LogP contribution in [0.25, 0.3) is 0 Å². The molecule has 0 radical (unpaired) electrons. The maximum atomic E-state index is 12.7. The highest BCUT2D eigenvalue weighted by Crippen LogP contribution is 2.30. The molecule has 0 aliphatic rings. The van der Waals surface area contributed by atoms with Gasteiger partial charge in [-0.05, 0) is 18.6 Å². The van der Waals surface area contributed by atoms with Crippen molar-refractivity contribution < 1.29 is 13.2 Å². The molecule has 0 fully saturated rings. The smallest absolute Gasteiger partial charge is 0.384 e. The van der Waals surface area contributed by atoms with E-state index in [2.05, 4.69) is 9.97 Å². The second-order valence-electron chi connectivity index (χ2n) is 4.48. The lowest BCUT2D eigenvalue weighted by molar-refractivity contribution is -0.137. The molecular weight excluding hydrogens is 269 g/mol. The number of hydrogen-bond donors (Lipinski definition) is 1. The molecule has 7 heteroatoms. The lowest BCUT2D eigenvalue weighted by Crippen LogP contribution is -2.10. The number of halogens is 3. The van der Waals surface area contributed by atoms with Crippen molar-refractivity contribution in [1.29, 1.82) is 0 Å². The predicted octanol–water partition coefficient (Wildman–Crippen LogP) is 2.88. The zero-order chi connectivity index (χ0) is 14.8. The molecule has 0 aliphatic heterocycles. The molecule has 0 bridgehead atoms. The molecular formula is C13H15F3N4. The van der Waals surface area contributed by atoms with Gasteiger partial charge >= 0.3 is 6.18 Å². The van der Waals surface area contributed by atoms with Crippen LogP contribution >= 0.6 is 0 Å². The molecule has 2 aromatic heterocycles. The van der Waals surface area contributed by atoms with E-state index in [4.69, 9.17) is 5.73 Å². The van der Waals surface area contributed by atoms with Crippen LogP contribution in [0.3, 0.4) is 0 Å². The van der Waals surface area contributed by atoms with Crippen molar-refractivity contribution in [3.8, 4) is 0 Å². The van der Waals surface area contributed by atoms with E-state index in [-0.39, 0.29) is 17.9 Å². The Bertz CT molecular complexity index is 590. The Morgan fingerprint density at radius 1 is 1.30 bits per heavy atom. The maximum absolute atomic E-state index is 12.7. The van der Waals surface area contributed by atoms with E-state index >= 15 is 0 Å². The van der Waals surface area contributed by atoms with Gasteiger partial charge < -0.3 is 10.3 Å². The Hall–Kier alpha value is -2.05. The topological polar surface area (TPSA) is 56.7 Å². The summed E-state index contributed by atoms with van der Waals surface area (Å²) >= 11 is 0. The summed E-state index contributed by atoms with van der Waals surface area (Å²) in [6.07, 6.45) is 0.144. The van der Waals surface area contributed by atoms with Gasteiger partial charge in [0, 0.05) is 25.4 Å². The van der Waals surface area contributed by atoms with Crippen LogP contribution in [0.15, 0.2) is 24.5 Å². The number of pyridine rings is 1. The van der Waals surface area contributed by atoms with Crippen LogP contribution in [-0.4, -0.2) is 14.5 Å². The number of imidazole rings is 1. The molecule has 0 aliphatic carbocycles. The van der Waals surface area contributed by atoms with E-state index in [0.717, 1.165) is 25.1 Å². The normalized spacial score (nSPS) is 11.8. The number of nitrogens with zero attached hydrogens (tertiary/aromatic N) is 3. The van der Waals surface area contributed by atoms with Crippen LogP contribution < -0.4 is 5.73 Å². The number of anilines is 1. The summed E-state index contributed by atoms with van der Waals surface area (Å²) in [5.41, 5.74) is 4.92. The monoisotopic (exact) mass is 284 g/mol. The summed E-state index contributed by atoms with van der Waals surface area (Å²) in [6.45, 7) is 2.79. The molecule has 2 N–H and O–H groups in total. The molecule has 0 saturated carbocycles. The van der Waals surface area contributed by atoms with Crippen LogP contribution in [-0.2, 0) is 19.1 Å². The molecule has 20 heavy (non-hydrogen) atoms. The van der Waals surface area contributed by atoms with Gasteiger partial charge in [-0.15, -0.1) is 0 Å². The van der Waals surface area contributed by atoms with Gasteiger partial charge in [-0.3, -0.25) is 0 Å². The third-order valence-electron chi connectivity index (χ3n) is 2.83. The fourth-order valence-electron chi connectivity index (χ4n) is 1.98. The Morgan fingerprint density at radius 3 is 2.70 bits per heavy atom. The first kappa shape index (κ1) is 14.4. The summed E-state index contributed by atoms with van der Waals surface area (Å²) in [6, 6.07) is 1.85. The second kappa shape index (κ2) is 5.52. The van der Waals surface area contributed by atoms with Crippen LogP contribution in [0, 0.1) is 0 Å². The van der Waals surface area contributed by atoms with Crippen molar-refractivity contribution in [1.82, 2.24) is 14.5 Å². The van der Waals surface area contributed by atoms with Crippen molar-refractivity contribution in [2.75, 3.05) is 5.73 Å². The zero-order valence-electron chi connectivity index (χ0n) is 11.0. The van der Waals surface area contributed by atoms with Crippen molar-refractivity contribution in [2.45, 2.75) is 32.5 Å². The number of alkyl halides is 3. The second-order valence-corrected chi connectivity index (χ2v) is 4.48. The van der Waals surface area contributed by atoms with E-state index < -0.39 is 11.7 Å². The summed E-state index contributed by atoms with van der Waals surface area (Å²) < 4.78 is 40.1. The van der Waals surface area contributed by atoms with E-state index in [9.17, 15) is 13.2 Å². The molecule has 0 saturated heterocycles. The largest absolute Gasteiger partial charge is 0.416 e. The maximum Gasteiger partial charge on any atom is 0.416 e. The average Bonchev–Trinajstić information content (AvgIpc) is 2.75. The molecule has 0 atom stereocenters. The standard InChI is InChI=1S/C13H15F3N4/c1-2-4-20-5-3-18-12(20)8-10-6-9(13(14,15)16)7-11(17)19-10/h3,5-7H,2,4,8H2,1H3,(H2,17,19). The number of rotatable bonds is 4. The first-order chi connectivity index (χ1) is 9.40. The highest BCUT2D eigenvalue weighted by Gasteiger charge is 2.31. The number of nitrogen functional groups attached to an aromatic ring is 1. The van der Waals surface area contributed by atoms with Crippen LogP contribution in [0.2, 0.25) is 0 Å². The van der Waals surface area contributed by atoms with Gasteiger partial charge in [0.05, 0.1) is 11.3 Å². The lowest BCUT2D eigenvalue weighted by atomic mass is 10.1. The molecule has 2 aromatic rings. The minimum absolute atomic E-state index is 0.136. The number of aromatic nitrogens is 3. The molecule has 0 aromatic carbocycles. The third-order valence-corrected chi connectivity index (χ3v) is 2.83.